The third-order valence-corrected chi connectivity index (χ3v) is 3.99. The summed E-state index contributed by atoms with van der Waals surface area (Å²) in [5.74, 6) is -1.05. The molecule has 0 aliphatic heterocycles. The van der Waals surface area contributed by atoms with Crippen LogP contribution >= 0.6 is 0 Å². The lowest BCUT2D eigenvalue weighted by atomic mass is 10.1. The number of amides is 3. The summed E-state index contributed by atoms with van der Waals surface area (Å²) < 4.78 is 0. The number of aliphatic carboxylic acids is 1. The Bertz CT molecular complexity index is 776. The van der Waals surface area contributed by atoms with Gasteiger partial charge in [-0.2, -0.15) is 0 Å². The van der Waals surface area contributed by atoms with Crippen LogP contribution in [0, 0.1) is 0 Å². The van der Waals surface area contributed by atoms with Gasteiger partial charge in [0.2, 0.25) is 0 Å². The van der Waals surface area contributed by atoms with E-state index in [0.29, 0.717) is 25.1 Å². The Morgan fingerprint density at radius 2 is 1.63 bits per heavy atom. The fourth-order valence-corrected chi connectivity index (χ4v) is 2.61. The average Bonchev–Trinajstić information content (AvgIpc) is 2.66. The van der Waals surface area contributed by atoms with Crippen molar-refractivity contribution in [3.05, 3.63) is 71.3 Å². The van der Waals surface area contributed by atoms with Crippen molar-refractivity contribution in [2.24, 2.45) is 5.73 Å². The summed E-state index contributed by atoms with van der Waals surface area (Å²) in [6.45, 7) is 1.05. The van der Waals surface area contributed by atoms with Gasteiger partial charge in [0, 0.05) is 31.6 Å². The lowest BCUT2D eigenvalue weighted by Crippen LogP contribution is -2.32. The van der Waals surface area contributed by atoms with Gasteiger partial charge in [-0.1, -0.05) is 42.5 Å². The van der Waals surface area contributed by atoms with Crippen molar-refractivity contribution in [1.82, 2.24) is 10.2 Å². The quantitative estimate of drug-likeness (QED) is 0.630. The van der Waals surface area contributed by atoms with Crippen LogP contribution < -0.4 is 11.1 Å². The van der Waals surface area contributed by atoms with Crippen LogP contribution in [0.25, 0.3) is 0 Å². The Labute approximate surface area is 157 Å². The third kappa shape index (κ3) is 6.81. The van der Waals surface area contributed by atoms with Gasteiger partial charge in [-0.3, -0.25) is 9.59 Å². The highest BCUT2D eigenvalue weighted by atomic mass is 16.4. The van der Waals surface area contributed by atoms with Crippen LogP contribution in [0.15, 0.2) is 54.6 Å². The molecule has 27 heavy (non-hydrogen) atoms. The molecule has 0 atom stereocenters. The van der Waals surface area contributed by atoms with Crippen LogP contribution in [-0.4, -0.2) is 34.5 Å². The number of carboxylic acids is 1. The zero-order valence-electron chi connectivity index (χ0n) is 14.9. The topological polar surface area (TPSA) is 113 Å². The SMILES string of the molecule is NC(=O)NCc1ccc(C(=O)N(CCCC(=O)O)Cc2ccccc2)cc1. The van der Waals surface area contributed by atoms with E-state index >= 15 is 0 Å². The van der Waals surface area contributed by atoms with Crippen molar-refractivity contribution >= 4 is 17.9 Å². The van der Waals surface area contributed by atoms with E-state index in [4.69, 9.17) is 10.8 Å². The summed E-state index contributed by atoms with van der Waals surface area (Å²) in [5, 5.41) is 11.3. The molecule has 0 radical (unpaired) electrons. The molecule has 0 unspecified atom stereocenters. The fourth-order valence-electron chi connectivity index (χ4n) is 2.61. The number of primary amides is 1. The Morgan fingerprint density at radius 1 is 0.963 bits per heavy atom. The molecule has 0 bridgehead atoms. The van der Waals surface area contributed by atoms with E-state index in [2.05, 4.69) is 5.32 Å². The lowest BCUT2D eigenvalue weighted by Gasteiger charge is -2.23. The first-order valence-electron chi connectivity index (χ1n) is 8.63. The molecule has 7 nitrogen and oxygen atoms in total. The van der Waals surface area contributed by atoms with Gasteiger partial charge in [-0.15, -0.1) is 0 Å². The highest BCUT2D eigenvalue weighted by Gasteiger charge is 2.16. The third-order valence-electron chi connectivity index (χ3n) is 3.99. The van der Waals surface area contributed by atoms with Crippen molar-refractivity contribution < 1.29 is 19.5 Å². The monoisotopic (exact) mass is 369 g/mol. The predicted molar refractivity (Wildman–Crippen MR) is 101 cm³/mol. The molecule has 4 N–H and O–H groups in total. The van der Waals surface area contributed by atoms with Crippen molar-refractivity contribution in [2.45, 2.75) is 25.9 Å². The molecule has 2 aromatic carbocycles. The number of hydrogen-bond donors (Lipinski definition) is 3. The van der Waals surface area contributed by atoms with Crippen LogP contribution in [0.3, 0.4) is 0 Å². The maximum Gasteiger partial charge on any atom is 0.312 e. The largest absolute Gasteiger partial charge is 0.481 e. The molecule has 0 saturated heterocycles. The standard InChI is InChI=1S/C20H23N3O4/c21-20(27)22-13-15-8-10-17(11-9-15)19(26)23(12-4-7-18(24)25)14-16-5-2-1-3-6-16/h1-3,5-6,8-11H,4,7,12-14H2,(H,24,25)(H3,21,22,27). The summed E-state index contributed by atoms with van der Waals surface area (Å²) in [7, 11) is 0. The molecular weight excluding hydrogens is 346 g/mol. The van der Waals surface area contributed by atoms with Crippen LogP contribution in [0.1, 0.15) is 34.3 Å². The van der Waals surface area contributed by atoms with Crippen LogP contribution in [0.2, 0.25) is 0 Å². The van der Waals surface area contributed by atoms with Crippen LogP contribution in [-0.2, 0) is 17.9 Å². The molecule has 0 aliphatic rings. The Hall–Kier alpha value is -3.35. The second-order valence-corrected chi connectivity index (χ2v) is 6.12. The first kappa shape index (κ1) is 20.0. The van der Waals surface area contributed by atoms with E-state index in [1.54, 1.807) is 29.2 Å². The number of benzene rings is 2. The minimum atomic E-state index is -0.881. The molecule has 2 aromatic rings. The summed E-state index contributed by atoms with van der Waals surface area (Å²) in [4.78, 5) is 36.1. The van der Waals surface area contributed by atoms with Crippen LogP contribution in [0.5, 0.6) is 0 Å². The van der Waals surface area contributed by atoms with Crippen molar-refractivity contribution in [1.29, 1.82) is 0 Å². The second-order valence-electron chi connectivity index (χ2n) is 6.12. The molecule has 7 heteroatoms. The van der Waals surface area contributed by atoms with Crippen molar-refractivity contribution in [3.8, 4) is 0 Å². The second kappa shape index (κ2) is 9.96. The number of nitrogens with one attached hydrogen (secondary N) is 1. The van der Waals surface area contributed by atoms with Crippen molar-refractivity contribution in [3.63, 3.8) is 0 Å². The molecule has 3 amide bonds. The number of nitrogens with two attached hydrogens (primary N) is 1. The van der Waals surface area contributed by atoms with Gasteiger partial charge >= 0.3 is 12.0 Å². The number of carbonyl (C=O) groups excluding carboxylic acids is 2. The molecule has 0 aliphatic carbocycles. The molecular formula is C20H23N3O4. The molecule has 0 heterocycles. The smallest absolute Gasteiger partial charge is 0.312 e. The number of carboxylic acid groups (broad SMARTS) is 1. The summed E-state index contributed by atoms with van der Waals surface area (Å²) >= 11 is 0. The van der Waals surface area contributed by atoms with E-state index in [0.717, 1.165) is 11.1 Å². The van der Waals surface area contributed by atoms with E-state index in [9.17, 15) is 14.4 Å². The maximum atomic E-state index is 12.9. The van der Waals surface area contributed by atoms with Gasteiger partial charge < -0.3 is 21.1 Å². The molecule has 0 aromatic heterocycles. The lowest BCUT2D eigenvalue weighted by molar-refractivity contribution is -0.137. The normalized spacial score (nSPS) is 10.2. The number of rotatable bonds is 9. The van der Waals surface area contributed by atoms with Gasteiger partial charge in [-0.25, -0.2) is 4.79 Å². The predicted octanol–water partition coefficient (Wildman–Crippen LogP) is 2.36. The van der Waals surface area contributed by atoms with Gasteiger partial charge in [0.1, 0.15) is 0 Å². The Morgan fingerprint density at radius 3 is 2.22 bits per heavy atom. The minimum absolute atomic E-state index is 0.0102. The maximum absolute atomic E-state index is 12.9. The molecule has 0 saturated carbocycles. The summed E-state index contributed by atoms with van der Waals surface area (Å²) in [5.41, 5.74) is 7.35. The fraction of sp³-hybridized carbons (Fsp3) is 0.250. The number of hydrogen-bond acceptors (Lipinski definition) is 3. The summed E-state index contributed by atoms with van der Waals surface area (Å²) in [6, 6.07) is 15.8. The molecule has 2 rings (SSSR count). The van der Waals surface area contributed by atoms with Gasteiger partial charge in [0.25, 0.3) is 5.91 Å². The van der Waals surface area contributed by atoms with E-state index in [1.165, 1.54) is 0 Å². The van der Waals surface area contributed by atoms with Gasteiger partial charge in [-0.05, 0) is 29.7 Å². The zero-order chi connectivity index (χ0) is 19.6. The highest BCUT2D eigenvalue weighted by molar-refractivity contribution is 5.94. The van der Waals surface area contributed by atoms with Crippen molar-refractivity contribution in [2.75, 3.05) is 6.54 Å². The number of carbonyl (C=O) groups is 3. The molecule has 0 spiro atoms. The Balaban J connectivity index is 2.09. The van der Waals surface area contributed by atoms with E-state index < -0.39 is 12.0 Å². The first-order valence-corrected chi connectivity index (χ1v) is 8.63. The average molecular weight is 369 g/mol. The molecule has 0 fully saturated rings. The first-order chi connectivity index (χ1) is 13.0. The minimum Gasteiger partial charge on any atom is -0.481 e. The molecule has 142 valence electrons. The van der Waals surface area contributed by atoms with E-state index in [-0.39, 0.29) is 18.9 Å². The zero-order valence-corrected chi connectivity index (χ0v) is 14.9. The number of nitrogens with zero attached hydrogens (tertiary/aromatic N) is 1. The van der Waals surface area contributed by atoms with Gasteiger partial charge in [0.15, 0.2) is 0 Å². The summed E-state index contributed by atoms with van der Waals surface area (Å²) in [6.07, 6.45) is 0.394. The van der Waals surface area contributed by atoms with Gasteiger partial charge in [0.05, 0.1) is 0 Å². The van der Waals surface area contributed by atoms with Crippen LogP contribution in [0.4, 0.5) is 4.79 Å². The highest BCUT2D eigenvalue weighted by Crippen LogP contribution is 2.13. The van der Waals surface area contributed by atoms with E-state index in [1.807, 2.05) is 30.3 Å². The number of urea groups is 1. The Kier molecular flexibility index (Phi) is 7.37.